The summed E-state index contributed by atoms with van der Waals surface area (Å²) < 4.78 is 0. The first-order chi connectivity index (χ1) is 10.8. The maximum atomic E-state index is 9.21. The zero-order valence-electron chi connectivity index (χ0n) is 15.1. The highest BCUT2D eigenvalue weighted by molar-refractivity contribution is 4.85. The molecule has 0 radical (unpaired) electrons. The second-order valence-electron chi connectivity index (χ2n) is 6.71. The van der Waals surface area contributed by atoms with Gasteiger partial charge in [-0.05, 0) is 6.42 Å². The predicted molar refractivity (Wildman–Crippen MR) is 99.1 cm³/mol. The molecule has 132 valence electrons. The van der Waals surface area contributed by atoms with Crippen LogP contribution in [0.2, 0.25) is 0 Å². The van der Waals surface area contributed by atoms with Crippen LogP contribution in [-0.4, -0.2) is 5.11 Å². The average Bonchev–Trinajstić information content (AvgIpc) is 2.54. The standard InChI is InChI=1S/C20H41NO/c1-2-3-4-5-6-7-8-9-10-11-12-13-14-15-16-17-18-20(22)19-21/h19,22H,2-18,21H2,1H3/b20-19-. The Morgan fingerprint density at radius 3 is 1.27 bits per heavy atom. The molecular formula is C20H41NO. The molecule has 0 aromatic rings. The van der Waals surface area contributed by atoms with E-state index in [4.69, 9.17) is 5.73 Å². The van der Waals surface area contributed by atoms with E-state index in [1.54, 1.807) is 0 Å². The van der Waals surface area contributed by atoms with E-state index in [1.807, 2.05) is 0 Å². The predicted octanol–water partition coefficient (Wildman–Crippen LogP) is 7.00. The van der Waals surface area contributed by atoms with Gasteiger partial charge in [-0.3, -0.25) is 0 Å². The highest BCUT2D eigenvalue weighted by atomic mass is 16.3. The van der Waals surface area contributed by atoms with Gasteiger partial charge in [0.05, 0.1) is 0 Å². The van der Waals surface area contributed by atoms with Crippen molar-refractivity contribution in [2.45, 2.75) is 116 Å². The van der Waals surface area contributed by atoms with Crippen molar-refractivity contribution in [3.8, 4) is 0 Å². The van der Waals surface area contributed by atoms with Gasteiger partial charge in [0.1, 0.15) is 5.76 Å². The van der Waals surface area contributed by atoms with Crippen LogP contribution in [0, 0.1) is 0 Å². The number of unbranched alkanes of at least 4 members (excludes halogenated alkanes) is 15. The lowest BCUT2D eigenvalue weighted by atomic mass is 10.0. The molecule has 0 spiro atoms. The lowest BCUT2D eigenvalue weighted by Crippen LogP contribution is -1.88. The Bertz CT molecular complexity index is 238. The molecule has 0 aliphatic rings. The fourth-order valence-corrected chi connectivity index (χ4v) is 2.94. The lowest BCUT2D eigenvalue weighted by Gasteiger charge is -2.03. The second-order valence-corrected chi connectivity index (χ2v) is 6.71. The molecule has 0 aromatic heterocycles. The molecule has 0 bridgehead atoms. The highest BCUT2D eigenvalue weighted by Crippen LogP contribution is 2.14. The number of allylic oxidation sites excluding steroid dienone is 1. The summed E-state index contributed by atoms with van der Waals surface area (Å²) in [5.74, 6) is 0.338. The normalized spacial score (nSPS) is 12.0. The molecule has 0 saturated heterocycles. The third kappa shape index (κ3) is 17.4. The van der Waals surface area contributed by atoms with Gasteiger partial charge in [-0.25, -0.2) is 0 Å². The summed E-state index contributed by atoms with van der Waals surface area (Å²) in [6.07, 6.45) is 24.1. The van der Waals surface area contributed by atoms with Crippen LogP contribution >= 0.6 is 0 Å². The summed E-state index contributed by atoms with van der Waals surface area (Å²) in [7, 11) is 0. The summed E-state index contributed by atoms with van der Waals surface area (Å²) in [6, 6.07) is 0. The molecule has 0 heterocycles. The molecule has 2 nitrogen and oxygen atoms in total. The Hall–Kier alpha value is -0.660. The third-order valence-corrected chi connectivity index (χ3v) is 4.48. The lowest BCUT2D eigenvalue weighted by molar-refractivity contribution is 0.378. The van der Waals surface area contributed by atoms with Crippen LogP contribution in [-0.2, 0) is 0 Å². The molecule has 0 aliphatic carbocycles. The number of hydrogen-bond acceptors (Lipinski definition) is 2. The Kier molecular flexibility index (Phi) is 17.8. The number of aliphatic hydroxyl groups is 1. The van der Waals surface area contributed by atoms with Gasteiger partial charge >= 0.3 is 0 Å². The summed E-state index contributed by atoms with van der Waals surface area (Å²) in [5, 5.41) is 9.21. The fourth-order valence-electron chi connectivity index (χ4n) is 2.94. The summed E-state index contributed by atoms with van der Waals surface area (Å²) >= 11 is 0. The molecule has 0 atom stereocenters. The molecule has 0 fully saturated rings. The van der Waals surface area contributed by atoms with E-state index >= 15 is 0 Å². The minimum Gasteiger partial charge on any atom is -0.511 e. The van der Waals surface area contributed by atoms with Crippen molar-refractivity contribution in [1.82, 2.24) is 0 Å². The van der Waals surface area contributed by atoms with E-state index in [2.05, 4.69) is 6.92 Å². The van der Waals surface area contributed by atoms with Gasteiger partial charge in [0.25, 0.3) is 0 Å². The maximum Gasteiger partial charge on any atom is 0.108 e. The zero-order chi connectivity index (χ0) is 16.3. The molecular weight excluding hydrogens is 270 g/mol. The van der Waals surface area contributed by atoms with Gasteiger partial charge < -0.3 is 10.8 Å². The van der Waals surface area contributed by atoms with Crippen molar-refractivity contribution >= 4 is 0 Å². The number of rotatable bonds is 17. The van der Waals surface area contributed by atoms with Crippen LogP contribution in [0.4, 0.5) is 0 Å². The molecule has 0 unspecified atom stereocenters. The molecule has 2 heteroatoms. The molecule has 0 aliphatic heterocycles. The molecule has 0 amide bonds. The Morgan fingerprint density at radius 1 is 0.636 bits per heavy atom. The topological polar surface area (TPSA) is 46.2 Å². The van der Waals surface area contributed by atoms with Crippen LogP contribution in [0.1, 0.15) is 116 Å². The van der Waals surface area contributed by atoms with Gasteiger partial charge in [0.15, 0.2) is 0 Å². The second kappa shape index (κ2) is 18.4. The van der Waals surface area contributed by atoms with Crippen LogP contribution in [0.5, 0.6) is 0 Å². The zero-order valence-corrected chi connectivity index (χ0v) is 15.1. The van der Waals surface area contributed by atoms with Gasteiger partial charge in [-0.2, -0.15) is 0 Å². The molecule has 0 aromatic carbocycles. The van der Waals surface area contributed by atoms with Crippen molar-refractivity contribution in [3.63, 3.8) is 0 Å². The molecule has 0 rings (SSSR count). The van der Waals surface area contributed by atoms with Crippen molar-refractivity contribution < 1.29 is 5.11 Å². The first-order valence-electron chi connectivity index (χ1n) is 9.91. The van der Waals surface area contributed by atoms with E-state index in [0.717, 1.165) is 12.8 Å². The molecule has 3 N–H and O–H groups in total. The van der Waals surface area contributed by atoms with Crippen molar-refractivity contribution in [2.75, 3.05) is 0 Å². The Labute approximate surface area is 139 Å². The van der Waals surface area contributed by atoms with Crippen LogP contribution in [0.3, 0.4) is 0 Å². The van der Waals surface area contributed by atoms with Crippen molar-refractivity contribution in [3.05, 3.63) is 12.0 Å². The number of hydrogen-bond donors (Lipinski definition) is 2. The van der Waals surface area contributed by atoms with Gasteiger partial charge in [0.2, 0.25) is 0 Å². The van der Waals surface area contributed by atoms with Crippen molar-refractivity contribution in [1.29, 1.82) is 0 Å². The summed E-state index contributed by atoms with van der Waals surface area (Å²) in [4.78, 5) is 0. The Morgan fingerprint density at radius 2 is 0.955 bits per heavy atom. The SMILES string of the molecule is CCCCCCCCCCCCCCCCCC/C(O)=C/N. The van der Waals surface area contributed by atoms with Crippen LogP contribution < -0.4 is 5.73 Å². The third-order valence-electron chi connectivity index (χ3n) is 4.48. The minimum absolute atomic E-state index is 0.338. The number of nitrogens with two attached hydrogens (primary N) is 1. The number of aliphatic hydroxyl groups excluding tert-OH is 1. The first-order valence-corrected chi connectivity index (χ1v) is 9.91. The molecule has 22 heavy (non-hydrogen) atoms. The van der Waals surface area contributed by atoms with Crippen LogP contribution in [0.15, 0.2) is 12.0 Å². The minimum atomic E-state index is 0.338. The van der Waals surface area contributed by atoms with E-state index in [1.165, 1.54) is 103 Å². The average molecular weight is 312 g/mol. The van der Waals surface area contributed by atoms with E-state index in [9.17, 15) is 5.11 Å². The quantitative estimate of drug-likeness (QED) is 0.224. The fraction of sp³-hybridized carbons (Fsp3) is 0.900. The largest absolute Gasteiger partial charge is 0.511 e. The molecule has 0 saturated carbocycles. The summed E-state index contributed by atoms with van der Waals surface area (Å²) in [6.45, 7) is 2.28. The van der Waals surface area contributed by atoms with Gasteiger partial charge in [-0.15, -0.1) is 0 Å². The van der Waals surface area contributed by atoms with E-state index in [-0.39, 0.29) is 0 Å². The van der Waals surface area contributed by atoms with Crippen molar-refractivity contribution in [2.24, 2.45) is 5.73 Å². The maximum absolute atomic E-state index is 9.21. The highest BCUT2D eigenvalue weighted by Gasteiger charge is 1.95. The van der Waals surface area contributed by atoms with E-state index in [0.29, 0.717) is 5.76 Å². The smallest absolute Gasteiger partial charge is 0.108 e. The first kappa shape index (κ1) is 21.3. The monoisotopic (exact) mass is 311 g/mol. The van der Waals surface area contributed by atoms with E-state index < -0.39 is 0 Å². The van der Waals surface area contributed by atoms with Gasteiger partial charge in [-0.1, -0.05) is 103 Å². The van der Waals surface area contributed by atoms with Crippen LogP contribution in [0.25, 0.3) is 0 Å². The van der Waals surface area contributed by atoms with Gasteiger partial charge in [0, 0.05) is 12.6 Å². The summed E-state index contributed by atoms with van der Waals surface area (Å²) in [5.41, 5.74) is 5.23. The Balaban J connectivity index is 3.00.